The van der Waals surface area contributed by atoms with Gasteiger partial charge in [0.05, 0.1) is 6.21 Å². The van der Waals surface area contributed by atoms with E-state index in [1.807, 2.05) is 49.4 Å². The van der Waals surface area contributed by atoms with E-state index in [1.54, 1.807) is 6.21 Å². The van der Waals surface area contributed by atoms with Gasteiger partial charge in [0.15, 0.2) is 5.69 Å². The summed E-state index contributed by atoms with van der Waals surface area (Å²) < 4.78 is 0. The molecule has 1 amide bonds. The van der Waals surface area contributed by atoms with Gasteiger partial charge in [-0.25, -0.2) is 5.43 Å². The van der Waals surface area contributed by atoms with Gasteiger partial charge in [0.2, 0.25) is 0 Å². The number of hydrogen-bond acceptors (Lipinski definition) is 3. The van der Waals surface area contributed by atoms with Crippen LogP contribution < -0.4 is 5.43 Å². The summed E-state index contributed by atoms with van der Waals surface area (Å²) >= 11 is 0. The predicted molar refractivity (Wildman–Crippen MR) is 114 cm³/mol. The van der Waals surface area contributed by atoms with E-state index in [4.69, 9.17) is 0 Å². The normalized spacial score (nSPS) is 30.8. The Morgan fingerprint density at radius 3 is 2.45 bits per heavy atom. The van der Waals surface area contributed by atoms with Gasteiger partial charge in [-0.05, 0) is 80.4 Å². The number of hydrazone groups is 1. The molecule has 0 aliphatic heterocycles. The molecule has 150 valence electrons. The van der Waals surface area contributed by atoms with Gasteiger partial charge in [-0.2, -0.15) is 10.2 Å². The smallest absolute Gasteiger partial charge is 0.281 e. The minimum Gasteiger partial charge on any atom is -0.281 e. The molecule has 2 N–H and O–H groups in total. The van der Waals surface area contributed by atoms with Gasteiger partial charge >= 0.3 is 0 Å². The molecule has 1 aromatic heterocycles. The minimum absolute atomic E-state index is 0.221. The molecule has 0 atom stereocenters. The van der Waals surface area contributed by atoms with Crippen molar-refractivity contribution in [2.45, 2.75) is 50.9 Å². The van der Waals surface area contributed by atoms with Crippen LogP contribution in [0.4, 0.5) is 0 Å². The van der Waals surface area contributed by atoms with Crippen molar-refractivity contribution in [2.24, 2.45) is 22.9 Å². The molecule has 4 aliphatic rings. The van der Waals surface area contributed by atoms with Crippen molar-refractivity contribution in [2.75, 3.05) is 0 Å². The van der Waals surface area contributed by atoms with Crippen LogP contribution in [0.3, 0.4) is 0 Å². The summed E-state index contributed by atoms with van der Waals surface area (Å²) in [6, 6.07) is 12.0. The van der Waals surface area contributed by atoms with Crippen LogP contribution in [-0.4, -0.2) is 22.3 Å². The second-order valence-corrected chi connectivity index (χ2v) is 9.36. The topological polar surface area (TPSA) is 70.1 Å². The minimum atomic E-state index is -0.263. The van der Waals surface area contributed by atoms with Gasteiger partial charge in [-0.15, -0.1) is 0 Å². The molecule has 4 bridgehead atoms. The molecular weight excluding hydrogens is 360 g/mol. The first-order valence-electron chi connectivity index (χ1n) is 10.7. The van der Waals surface area contributed by atoms with Crippen LogP contribution >= 0.6 is 0 Å². The Morgan fingerprint density at radius 2 is 1.79 bits per heavy atom. The number of carbonyl (C=O) groups is 1. The molecule has 4 saturated carbocycles. The summed E-state index contributed by atoms with van der Waals surface area (Å²) in [6.07, 6.45) is 11.7. The number of benzene rings is 1. The SMILES string of the molecule is CC(C=NNC(=O)c1cc(C23CC4CC(CC(C4)C2)C3)[nH]n1)=Cc1ccccc1. The Hall–Kier alpha value is -2.69. The molecule has 5 heteroatoms. The Labute approximate surface area is 171 Å². The second kappa shape index (κ2) is 7.29. The lowest BCUT2D eigenvalue weighted by atomic mass is 9.49. The maximum atomic E-state index is 12.5. The van der Waals surface area contributed by atoms with Gasteiger partial charge in [0.25, 0.3) is 5.91 Å². The van der Waals surface area contributed by atoms with Crippen LogP contribution in [0.5, 0.6) is 0 Å². The number of carbonyl (C=O) groups excluding carboxylic acids is 1. The van der Waals surface area contributed by atoms with Crippen LogP contribution in [-0.2, 0) is 5.41 Å². The third-order valence-electron chi connectivity index (χ3n) is 7.05. The van der Waals surface area contributed by atoms with E-state index in [2.05, 4.69) is 20.7 Å². The van der Waals surface area contributed by atoms with Crippen molar-refractivity contribution in [3.63, 3.8) is 0 Å². The van der Waals surface area contributed by atoms with E-state index in [-0.39, 0.29) is 11.3 Å². The number of aromatic nitrogens is 2. The summed E-state index contributed by atoms with van der Waals surface area (Å²) in [5.41, 5.74) is 6.49. The number of amides is 1. The standard InChI is InChI=1S/C24H28N4O/c1-16(7-17-5-3-2-4-6-17)15-25-28-23(29)21-11-22(27-26-21)24-12-18-8-19(13-24)10-20(9-18)14-24/h2-7,11,15,18-20H,8-10,12-14H2,1H3,(H,26,27)(H,28,29). The van der Waals surface area contributed by atoms with Crippen molar-refractivity contribution in [1.82, 2.24) is 15.6 Å². The monoisotopic (exact) mass is 388 g/mol. The zero-order valence-electron chi connectivity index (χ0n) is 16.9. The quantitative estimate of drug-likeness (QED) is 0.576. The van der Waals surface area contributed by atoms with Crippen LogP contribution in [0.15, 0.2) is 47.1 Å². The summed E-state index contributed by atoms with van der Waals surface area (Å²) in [7, 11) is 0. The van der Waals surface area contributed by atoms with Crippen molar-refractivity contribution < 1.29 is 4.79 Å². The molecule has 0 spiro atoms. The zero-order valence-corrected chi connectivity index (χ0v) is 16.9. The van der Waals surface area contributed by atoms with Crippen molar-refractivity contribution in [3.8, 4) is 0 Å². The van der Waals surface area contributed by atoms with E-state index in [0.29, 0.717) is 5.69 Å². The molecule has 1 aromatic carbocycles. The van der Waals surface area contributed by atoms with Gasteiger partial charge in [-0.1, -0.05) is 36.4 Å². The highest BCUT2D eigenvalue weighted by molar-refractivity contribution is 5.93. The van der Waals surface area contributed by atoms with Crippen LogP contribution in [0.2, 0.25) is 0 Å². The highest BCUT2D eigenvalue weighted by Crippen LogP contribution is 2.60. The lowest BCUT2D eigenvalue weighted by Gasteiger charge is -2.56. The lowest BCUT2D eigenvalue weighted by Crippen LogP contribution is -2.48. The van der Waals surface area contributed by atoms with Gasteiger partial charge in [0.1, 0.15) is 0 Å². The Kier molecular flexibility index (Phi) is 4.61. The number of hydrogen-bond donors (Lipinski definition) is 2. The van der Waals surface area contributed by atoms with Gasteiger partial charge in [-0.3, -0.25) is 9.89 Å². The number of nitrogens with one attached hydrogen (secondary N) is 2. The first-order valence-corrected chi connectivity index (χ1v) is 10.7. The van der Waals surface area contributed by atoms with E-state index in [9.17, 15) is 4.79 Å². The van der Waals surface area contributed by atoms with Gasteiger partial charge in [0, 0.05) is 11.1 Å². The molecule has 0 radical (unpaired) electrons. The fourth-order valence-electron chi connectivity index (χ4n) is 6.25. The summed E-state index contributed by atoms with van der Waals surface area (Å²) in [6.45, 7) is 1.96. The summed E-state index contributed by atoms with van der Waals surface area (Å²) in [4.78, 5) is 12.5. The Morgan fingerprint density at radius 1 is 1.14 bits per heavy atom. The van der Waals surface area contributed by atoms with E-state index >= 15 is 0 Å². The largest absolute Gasteiger partial charge is 0.291 e. The third kappa shape index (κ3) is 3.66. The number of aromatic amines is 1. The van der Waals surface area contributed by atoms with Crippen LogP contribution in [0.25, 0.3) is 6.08 Å². The predicted octanol–water partition coefficient (Wildman–Crippen LogP) is 4.70. The zero-order chi connectivity index (χ0) is 19.8. The van der Waals surface area contributed by atoms with Crippen molar-refractivity contribution in [3.05, 3.63) is 58.9 Å². The highest BCUT2D eigenvalue weighted by atomic mass is 16.2. The molecule has 5 nitrogen and oxygen atoms in total. The van der Waals surface area contributed by atoms with Crippen molar-refractivity contribution >= 4 is 18.2 Å². The molecule has 0 saturated heterocycles. The van der Waals surface area contributed by atoms with E-state index < -0.39 is 0 Å². The number of allylic oxidation sites excluding steroid dienone is 1. The fourth-order valence-corrected chi connectivity index (χ4v) is 6.25. The van der Waals surface area contributed by atoms with Gasteiger partial charge < -0.3 is 0 Å². The number of nitrogens with zero attached hydrogens (tertiary/aromatic N) is 2. The fraction of sp³-hybridized carbons (Fsp3) is 0.458. The first-order chi connectivity index (χ1) is 14.1. The second-order valence-electron chi connectivity index (χ2n) is 9.36. The average molecular weight is 389 g/mol. The summed E-state index contributed by atoms with van der Waals surface area (Å²) in [5.74, 6) is 2.34. The molecule has 6 rings (SSSR count). The van der Waals surface area contributed by atoms with Crippen molar-refractivity contribution in [1.29, 1.82) is 0 Å². The molecule has 2 aromatic rings. The molecule has 4 aliphatic carbocycles. The number of H-pyrrole nitrogens is 1. The molecular formula is C24H28N4O. The molecule has 1 heterocycles. The van der Waals surface area contributed by atoms with E-state index in [1.165, 1.54) is 38.5 Å². The Balaban J connectivity index is 1.24. The molecule has 29 heavy (non-hydrogen) atoms. The maximum Gasteiger partial charge on any atom is 0.291 e. The lowest BCUT2D eigenvalue weighted by molar-refractivity contribution is -0.00721. The molecule has 4 fully saturated rings. The third-order valence-corrected chi connectivity index (χ3v) is 7.05. The first kappa shape index (κ1) is 18.3. The summed E-state index contributed by atoms with van der Waals surface area (Å²) in [5, 5.41) is 11.6. The highest BCUT2D eigenvalue weighted by Gasteiger charge is 2.52. The van der Waals surface area contributed by atoms with Crippen LogP contribution in [0.1, 0.15) is 67.2 Å². The van der Waals surface area contributed by atoms with E-state index in [0.717, 1.165) is 34.6 Å². The Bertz CT molecular complexity index is 921. The maximum absolute atomic E-state index is 12.5. The average Bonchev–Trinajstić information content (AvgIpc) is 3.19. The number of rotatable bonds is 5. The van der Waals surface area contributed by atoms with Crippen LogP contribution in [0, 0.1) is 17.8 Å². The molecule has 0 unspecified atom stereocenters.